The van der Waals surface area contributed by atoms with Gasteiger partial charge in [0.1, 0.15) is 11.5 Å². The van der Waals surface area contributed by atoms with Gasteiger partial charge in [-0.05, 0) is 12.1 Å². The summed E-state index contributed by atoms with van der Waals surface area (Å²) in [7, 11) is 2.96. The highest BCUT2D eigenvalue weighted by molar-refractivity contribution is 5.97. The summed E-state index contributed by atoms with van der Waals surface area (Å²) in [5, 5.41) is 10.3. The molecule has 5 heteroatoms. The topological polar surface area (TPSA) is 71.3 Å². The Labute approximate surface area is 87.2 Å². The van der Waals surface area contributed by atoms with Crippen LogP contribution in [-0.2, 0) is 0 Å². The molecule has 0 aliphatic rings. The van der Waals surface area contributed by atoms with Crippen LogP contribution in [0.2, 0.25) is 0 Å². The lowest BCUT2D eigenvalue weighted by atomic mass is 10.2. The Hall–Kier alpha value is -2.22. The van der Waals surface area contributed by atoms with E-state index in [1.807, 2.05) is 5.32 Å². The third-order valence-corrected chi connectivity index (χ3v) is 1.82. The lowest BCUT2D eigenvalue weighted by Crippen LogP contribution is -2.18. The van der Waals surface area contributed by atoms with E-state index in [2.05, 4.69) is 0 Å². The van der Waals surface area contributed by atoms with Crippen LogP contribution in [0.4, 0.5) is 0 Å². The molecule has 0 aliphatic carbocycles. The Balaban J connectivity index is 3.08. The summed E-state index contributed by atoms with van der Waals surface area (Å²) >= 11 is 0. The van der Waals surface area contributed by atoms with E-state index in [0.29, 0.717) is 17.1 Å². The van der Waals surface area contributed by atoms with Crippen molar-refractivity contribution in [3.8, 4) is 17.7 Å². The van der Waals surface area contributed by atoms with E-state index in [9.17, 15) is 4.79 Å². The van der Waals surface area contributed by atoms with Crippen LogP contribution in [0, 0.1) is 11.5 Å². The van der Waals surface area contributed by atoms with E-state index in [0.717, 1.165) is 0 Å². The van der Waals surface area contributed by atoms with Gasteiger partial charge in [-0.3, -0.25) is 10.1 Å². The van der Waals surface area contributed by atoms with E-state index in [-0.39, 0.29) is 0 Å². The van der Waals surface area contributed by atoms with Gasteiger partial charge in [-0.2, -0.15) is 5.26 Å². The molecule has 1 rings (SSSR count). The maximum atomic E-state index is 11.4. The van der Waals surface area contributed by atoms with Crippen molar-refractivity contribution in [1.82, 2.24) is 5.32 Å². The van der Waals surface area contributed by atoms with E-state index >= 15 is 0 Å². The second kappa shape index (κ2) is 4.86. The average molecular weight is 206 g/mol. The second-order valence-corrected chi connectivity index (χ2v) is 2.63. The van der Waals surface area contributed by atoms with Crippen LogP contribution in [0.1, 0.15) is 10.4 Å². The highest BCUT2D eigenvalue weighted by Crippen LogP contribution is 2.24. The number of hydrogen-bond acceptors (Lipinski definition) is 4. The van der Waals surface area contributed by atoms with Crippen LogP contribution in [0.15, 0.2) is 18.2 Å². The maximum Gasteiger partial charge on any atom is 0.268 e. The summed E-state index contributed by atoms with van der Waals surface area (Å²) < 4.78 is 9.98. The molecule has 1 amide bonds. The minimum atomic E-state index is -0.503. The molecule has 0 spiro atoms. The Morgan fingerprint density at radius 2 is 2.13 bits per heavy atom. The number of nitriles is 1. The summed E-state index contributed by atoms with van der Waals surface area (Å²) in [6, 6.07) is 4.73. The van der Waals surface area contributed by atoms with Crippen LogP contribution < -0.4 is 14.8 Å². The lowest BCUT2D eigenvalue weighted by Gasteiger charge is -2.08. The molecule has 15 heavy (non-hydrogen) atoms. The van der Waals surface area contributed by atoms with E-state index < -0.39 is 5.91 Å². The molecule has 0 heterocycles. The van der Waals surface area contributed by atoms with Gasteiger partial charge in [-0.1, -0.05) is 0 Å². The smallest absolute Gasteiger partial charge is 0.268 e. The first-order valence-corrected chi connectivity index (χ1v) is 4.14. The van der Waals surface area contributed by atoms with Gasteiger partial charge in [0.2, 0.25) is 0 Å². The number of rotatable bonds is 3. The van der Waals surface area contributed by atoms with Crippen molar-refractivity contribution < 1.29 is 14.3 Å². The number of carbonyl (C=O) groups is 1. The zero-order valence-electron chi connectivity index (χ0n) is 8.40. The fraction of sp³-hybridized carbons (Fsp3) is 0.200. The van der Waals surface area contributed by atoms with Crippen LogP contribution in [0.3, 0.4) is 0 Å². The van der Waals surface area contributed by atoms with Crippen LogP contribution >= 0.6 is 0 Å². The van der Waals surface area contributed by atoms with Gasteiger partial charge < -0.3 is 9.47 Å². The third kappa shape index (κ3) is 2.38. The molecule has 0 saturated heterocycles. The number of benzene rings is 1. The highest BCUT2D eigenvalue weighted by Gasteiger charge is 2.12. The maximum absolute atomic E-state index is 11.4. The molecule has 0 aromatic heterocycles. The van der Waals surface area contributed by atoms with Crippen LogP contribution in [0.5, 0.6) is 11.5 Å². The minimum absolute atomic E-state index is 0.292. The van der Waals surface area contributed by atoms with E-state index in [1.54, 1.807) is 18.3 Å². The summed E-state index contributed by atoms with van der Waals surface area (Å²) in [5.41, 5.74) is 0.292. The van der Waals surface area contributed by atoms with Gasteiger partial charge in [-0.15, -0.1) is 0 Å². The quantitative estimate of drug-likeness (QED) is 0.589. The van der Waals surface area contributed by atoms with E-state index in [4.69, 9.17) is 14.7 Å². The van der Waals surface area contributed by atoms with Crippen LogP contribution in [-0.4, -0.2) is 20.1 Å². The predicted molar refractivity (Wildman–Crippen MR) is 52.6 cm³/mol. The zero-order chi connectivity index (χ0) is 11.3. The van der Waals surface area contributed by atoms with Crippen molar-refractivity contribution in [3.05, 3.63) is 23.8 Å². The van der Waals surface area contributed by atoms with Gasteiger partial charge in [-0.25, -0.2) is 0 Å². The molecule has 78 valence electrons. The van der Waals surface area contributed by atoms with Gasteiger partial charge in [0.15, 0.2) is 6.19 Å². The van der Waals surface area contributed by atoms with Gasteiger partial charge in [0.05, 0.1) is 19.8 Å². The molecule has 0 unspecified atom stereocenters. The molecule has 1 aromatic carbocycles. The first-order valence-electron chi connectivity index (χ1n) is 4.14. The van der Waals surface area contributed by atoms with Crippen molar-refractivity contribution in [3.63, 3.8) is 0 Å². The largest absolute Gasteiger partial charge is 0.497 e. The fourth-order valence-corrected chi connectivity index (χ4v) is 1.10. The predicted octanol–water partition coefficient (Wildman–Crippen LogP) is 0.915. The zero-order valence-corrected chi connectivity index (χ0v) is 8.40. The van der Waals surface area contributed by atoms with Gasteiger partial charge in [0.25, 0.3) is 5.91 Å². The Morgan fingerprint density at radius 3 is 2.67 bits per heavy atom. The number of nitrogens with zero attached hydrogens (tertiary/aromatic N) is 1. The molecule has 0 aliphatic heterocycles. The Bertz CT molecular complexity index is 410. The molecule has 0 atom stereocenters. The number of carbonyl (C=O) groups excluding carboxylic acids is 1. The molecule has 0 fully saturated rings. The summed E-state index contributed by atoms with van der Waals surface area (Å²) in [6.45, 7) is 0. The standard InChI is InChI=1S/C10H10N2O3/c1-14-7-3-4-8(9(5-7)15-2)10(13)12-6-11/h3-5H,1-2H3,(H,12,13). The molecule has 0 bridgehead atoms. The highest BCUT2D eigenvalue weighted by atomic mass is 16.5. The monoisotopic (exact) mass is 206 g/mol. The van der Waals surface area contributed by atoms with Gasteiger partial charge >= 0.3 is 0 Å². The summed E-state index contributed by atoms with van der Waals surface area (Å²) in [5.74, 6) is 0.444. The van der Waals surface area contributed by atoms with Crippen molar-refractivity contribution in [2.75, 3.05) is 14.2 Å². The Morgan fingerprint density at radius 1 is 1.40 bits per heavy atom. The minimum Gasteiger partial charge on any atom is -0.497 e. The van der Waals surface area contributed by atoms with Crippen molar-refractivity contribution in [2.24, 2.45) is 0 Å². The van der Waals surface area contributed by atoms with Gasteiger partial charge in [0, 0.05) is 6.07 Å². The number of nitrogens with one attached hydrogen (secondary N) is 1. The normalized spacial score (nSPS) is 8.87. The average Bonchev–Trinajstić information content (AvgIpc) is 2.28. The molecular formula is C10H10N2O3. The fourth-order valence-electron chi connectivity index (χ4n) is 1.10. The van der Waals surface area contributed by atoms with E-state index in [1.165, 1.54) is 20.3 Å². The second-order valence-electron chi connectivity index (χ2n) is 2.63. The number of ether oxygens (including phenoxy) is 2. The molecule has 0 saturated carbocycles. The number of hydrogen-bond donors (Lipinski definition) is 1. The number of methoxy groups -OCH3 is 2. The SMILES string of the molecule is COc1ccc(C(=O)NC#N)c(OC)c1. The molecular weight excluding hydrogens is 196 g/mol. The Kier molecular flexibility index (Phi) is 3.52. The molecule has 1 N–H and O–H groups in total. The van der Waals surface area contributed by atoms with Crippen molar-refractivity contribution in [2.45, 2.75) is 0 Å². The van der Waals surface area contributed by atoms with Crippen molar-refractivity contribution in [1.29, 1.82) is 5.26 Å². The third-order valence-electron chi connectivity index (χ3n) is 1.82. The van der Waals surface area contributed by atoms with Crippen LogP contribution in [0.25, 0.3) is 0 Å². The first kappa shape index (κ1) is 10.9. The van der Waals surface area contributed by atoms with Crippen molar-refractivity contribution >= 4 is 5.91 Å². The molecule has 0 radical (unpaired) electrons. The summed E-state index contributed by atoms with van der Waals surface area (Å²) in [4.78, 5) is 11.4. The summed E-state index contributed by atoms with van der Waals surface area (Å²) in [6.07, 6.45) is 1.56. The molecule has 5 nitrogen and oxygen atoms in total. The lowest BCUT2D eigenvalue weighted by molar-refractivity contribution is 0.0970. The molecule has 1 aromatic rings. The number of amides is 1. The first-order chi connectivity index (χ1) is 7.22.